The van der Waals surface area contributed by atoms with E-state index in [2.05, 4.69) is 47.9 Å². The molecule has 1 N–H and O–H groups in total. The Labute approximate surface area is 151 Å². The van der Waals surface area contributed by atoms with Gasteiger partial charge in [-0.2, -0.15) is 0 Å². The Morgan fingerprint density at radius 2 is 1.84 bits per heavy atom. The molecule has 0 bridgehead atoms. The molecule has 2 nitrogen and oxygen atoms in total. The lowest BCUT2D eigenvalue weighted by Crippen LogP contribution is -2.46. The van der Waals surface area contributed by atoms with E-state index in [1.165, 1.54) is 11.1 Å². The largest absolute Gasteiger partial charge is 0.396 e. The molecule has 2 aromatic carbocycles. The number of hydrogen-bond donors (Lipinski definition) is 1. The molecular weight excluding hydrogens is 306 g/mol. The van der Waals surface area contributed by atoms with E-state index in [0.717, 1.165) is 44.5 Å². The van der Waals surface area contributed by atoms with Gasteiger partial charge in [0.1, 0.15) is 0 Å². The number of nitrogens with zero attached hydrogens (tertiary/aromatic N) is 1. The summed E-state index contributed by atoms with van der Waals surface area (Å²) in [7, 11) is 0. The van der Waals surface area contributed by atoms with Crippen LogP contribution < -0.4 is 0 Å². The number of likely N-dealkylation sites (tertiary alicyclic amines) is 1. The first-order chi connectivity index (χ1) is 12.2. The van der Waals surface area contributed by atoms with E-state index >= 15 is 0 Å². The zero-order chi connectivity index (χ0) is 17.5. The Bertz CT molecular complexity index is 743. The molecule has 2 heteroatoms. The van der Waals surface area contributed by atoms with Crippen LogP contribution >= 0.6 is 0 Å². The van der Waals surface area contributed by atoms with Crippen LogP contribution in [0.5, 0.6) is 0 Å². The van der Waals surface area contributed by atoms with Gasteiger partial charge in [-0.15, -0.1) is 0 Å². The van der Waals surface area contributed by atoms with Gasteiger partial charge in [0, 0.05) is 17.5 Å². The van der Waals surface area contributed by atoms with E-state index < -0.39 is 0 Å². The van der Waals surface area contributed by atoms with E-state index in [9.17, 15) is 5.11 Å². The number of aliphatic hydroxyl groups is 1. The van der Waals surface area contributed by atoms with Gasteiger partial charge in [0.25, 0.3) is 0 Å². The third-order valence-electron chi connectivity index (χ3n) is 5.21. The highest BCUT2D eigenvalue weighted by Gasteiger charge is 2.35. The summed E-state index contributed by atoms with van der Waals surface area (Å²) in [6.07, 6.45) is 3.15. The Kier molecular flexibility index (Phi) is 5.91. The van der Waals surface area contributed by atoms with Crippen LogP contribution in [-0.4, -0.2) is 36.2 Å². The van der Waals surface area contributed by atoms with Crippen molar-refractivity contribution in [3.05, 3.63) is 71.3 Å². The van der Waals surface area contributed by atoms with Gasteiger partial charge in [-0.1, -0.05) is 54.3 Å². The molecule has 0 saturated carbocycles. The van der Waals surface area contributed by atoms with Crippen LogP contribution in [0.1, 0.15) is 29.5 Å². The van der Waals surface area contributed by atoms with Crippen LogP contribution in [0.25, 0.3) is 0 Å². The predicted molar refractivity (Wildman–Crippen MR) is 103 cm³/mol. The summed E-state index contributed by atoms with van der Waals surface area (Å²) in [5, 5.41) is 10.2. The number of rotatable bonds is 4. The van der Waals surface area contributed by atoms with Crippen molar-refractivity contribution in [3.8, 4) is 11.8 Å². The standard InChI is InChI=1S/C23H27NO/c1-20-9-5-6-13-22(20)17-23(19-25)14-8-16-24(18-23)15-7-12-21-10-3-2-4-11-21/h2-6,9-11,13,25H,8,14-19H2,1H3/t23-/m0/s1. The molecule has 2 aromatic rings. The highest BCUT2D eigenvalue weighted by atomic mass is 16.3. The molecule has 1 atom stereocenters. The molecule has 0 aliphatic carbocycles. The maximum absolute atomic E-state index is 10.2. The lowest BCUT2D eigenvalue weighted by atomic mass is 9.75. The van der Waals surface area contributed by atoms with Crippen molar-refractivity contribution in [3.63, 3.8) is 0 Å². The van der Waals surface area contributed by atoms with Crippen molar-refractivity contribution in [2.24, 2.45) is 5.41 Å². The second kappa shape index (κ2) is 8.34. The van der Waals surface area contributed by atoms with E-state index in [4.69, 9.17) is 0 Å². The summed E-state index contributed by atoms with van der Waals surface area (Å²) < 4.78 is 0. The molecule has 1 aliphatic heterocycles. The molecule has 130 valence electrons. The number of aryl methyl sites for hydroxylation is 1. The van der Waals surface area contributed by atoms with Crippen molar-refractivity contribution in [1.29, 1.82) is 0 Å². The summed E-state index contributed by atoms with van der Waals surface area (Å²) >= 11 is 0. The minimum absolute atomic E-state index is 0.0429. The SMILES string of the molecule is Cc1ccccc1C[C@@]1(CO)CCCN(CC#Cc2ccccc2)C1. The van der Waals surface area contributed by atoms with Gasteiger partial charge in [-0.3, -0.25) is 4.90 Å². The van der Waals surface area contributed by atoms with Crippen LogP contribution in [-0.2, 0) is 6.42 Å². The molecule has 0 aromatic heterocycles. The summed E-state index contributed by atoms with van der Waals surface area (Å²) in [6.45, 7) is 5.15. The van der Waals surface area contributed by atoms with E-state index in [-0.39, 0.29) is 12.0 Å². The summed E-state index contributed by atoms with van der Waals surface area (Å²) in [5.41, 5.74) is 3.69. The Balaban J connectivity index is 1.66. The smallest absolute Gasteiger partial charge is 0.0605 e. The van der Waals surface area contributed by atoms with Gasteiger partial charge in [-0.25, -0.2) is 0 Å². The minimum atomic E-state index is -0.0429. The zero-order valence-electron chi connectivity index (χ0n) is 15.0. The van der Waals surface area contributed by atoms with Crippen molar-refractivity contribution in [2.45, 2.75) is 26.2 Å². The molecule has 0 radical (unpaired) electrons. The average molecular weight is 333 g/mol. The number of hydrogen-bond acceptors (Lipinski definition) is 2. The van der Waals surface area contributed by atoms with Crippen molar-refractivity contribution >= 4 is 0 Å². The normalized spacial score (nSPS) is 20.7. The van der Waals surface area contributed by atoms with Crippen molar-refractivity contribution in [2.75, 3.05) is 26.2 Å². The highest BCUT2D eigenvalue weighted by Crippen LogP contribution is 2.34. The second-order valence-electron chi connectivity index (χ2n) is 7.24. The first-order valence-electron chi connectivity index (χ1n) is 9.12. The van der Waals surface area contributed by atoms with E-state index in [1.807, 2.05) is 30.3 Å². The molecule has 1 saturated heterocycles. The maximum Gasteiger partial charge on any atom is 0.0605 e. The van der Waals surface area contributed by atoms with Gasteiger partial charge in [0.15, 0.2) is 0 Å². The lowest BCUT2D eigenvalue weighted by Gasteiger charge is -2.41. The summed E-state index contributed by atoms with van der Waals surface area (Å²) in [4.78, 5) is 2.40. The highest BCUT2D eigenvalue weighted by molar-refractivity contribution is 5.34. The fourth-order valence-corrected chi connectivity index (χ4v) is 3.76. The molecule has 1 heterocycles. The van der Waals surface area contributed by atoms with Crippen molar-refractivity contribution in [1.82, 2.24) is 4.90 Å². The first-order valence-corrected chi connectivity index (χ1v) is 9.12. The Morgan fingerprint density at radius 3 is 2.60 bits per heavy atom. The molecular formula is C23H27NO. The van der Waals surface area contributed by atoms with E-state index in [1.54, 1.807) is 0 Å². The second-order valence-corrected chi connectivity index (χ2v) is 7.24. The fraction of sp³-hybridized carbons (Fsp3) is 0.391. The zero-order valence-corrected chi connectivity index (χ0v) is 15.0. The van der Waals surface area contributed by atoms with Crippen molar-refractivity contribution < 1.29 is 5.11 Å². The van der Waals surface area contributed by atoms with Gasteiger partial charge in [0.2, 0.25) is 0 Å². The minimum Gasteiger partial charge on any atom is -0.396 e. The third kappa shape index (κ3) is 4.72. The molecule has 0 spiro atoms. The molecule has 1 fully saturated rings. The van der Waals surface area contributed by atoms with Crippen LogP contribution in [0.15, 0.2) is 54.6 Å². The average Bonchev–Trinajstić information content (AvgIpc) is 2.65. The number of piperidine rings is 1. The first kappa shape index (κ1) is 17.7. The van der Waals surface area contributed by atoms with Gasteiger partial charge < -0.3 is 5.11 Å². The Hall–Kier alpha value is -2.08. The predicted octanol–water partition coefficient (Wildman–Crippen LogP) is 3.66. The van der Waals surface area contributed by atoms with E-state index in [0.29, 0.717) is 0 Å². The molecule has 0 unspecified atom stereocenters. The third-order valence-corrected chi connectivity index (χ3v) is 5.21. The maximum atomic E-state index is 10.2. The number of aliphatic hydroxyl groups excluding tert-OH is 1. The van der Waals surface area contributed by atoms with Gasteiger partial charge in [-0.05, 0) is 56.0 Å². The molecule has 0 amide bonds. The lowest BCUT2D eigenvalue weighted by molar-refractivity contribution is 0.0383. The van der Waals surface area contributed by atoms with Gasteiger partial charge in [0.05, 0.1) is 13.2 Å². The van der Waals surface area contributed by atoms with Crippen LogP contribution in [0, 0.1) is 24.2 Å². The topological polar surface area (TPSA) is 23.5 Å². The van der Waals surface area contributed by atoms with Gasteiger partial charge >= 0.3 is 0 Å². The molecule has 25 heavy (non-hydrogen) atoms. The molecule has 1 aliphatic rings. The Morgan fingerprint density at radius 1 is 1.08 bits per heavy atom. The quantitative estimate of drug-likeness (QED) is 0.863. The fourth-order valence-electron chi connectivity index (χ4n) is 3.76. The number of benzene rings is 2. The summed E-state index contributed by atoms with van der Waals surface area (Å²) in [5.74, 6) is 6.54. The van der Waals surface area contributed by atoms with Crippen LogP contribution in [0.3, 0.4) is 0 Å². The monoisotopic (exact) mass is 333 g/mol. The summed E-state index contributed by atoms with van der Waals surface area (Å²) in [6, 6.07) is 18.7. The van der Waals surface area contributed by atoms with Crippen LogP contribution in [0.4, 0.5) is 0 Å². The molecule has 3 rings (SSSR count). The van der Waals surface area contributed by atoms with Crippen LogP contribution in [0.2, 0.25) is 0 Å².